The summed E-state index contributed by atoms with van der Waals surface area (Å²) in [5.74, 6) is 0. The van der Waals surface area contributed by atoms with Crippen molar-refractivity contribution in [3.63, 3.8) is 0 Å². The molecule has 0 aromatic heterocycles. The number of aryl methyl sites for hydroxylation is 1. The fourth-order valence-corrected chi connectivity index (χ4v) is 5.05. The smallest absolute Gasteiger partial charge is 0.0540 e. The lowest BCUT2D eigenvalue weighted by Crippen LogP contribution is -2.12. The molecule has 0 heterocycles. The van der Waals surface area contributed by atoms with Crippen LogP contribution in [-0.4, -0.2) is 7.05 Å². The number of para-hydroxylation sites is 1. The highest BCUT2D eigenvalue weighted by atomic mass is 15.1. The minimum absolute atomic E-state index is 1.12. The largest absolute Gasteiger partial charge is 0.345 e. The maximum absolute atomic E-state index is 2.36. The first-order valence-electron chi connectivity index (χ1n) is 13.0. The van der Waals surface area contributed by atoms with E-state index >= 15 is 0 Å². The summed E-state index contributed by atoms with van der Waals surface area (Å²) in [5.41, 5.74) is 9.42. The van der Waals surface area contributed by atoms with Crippen LogP contribution in [0.5, 0.6) is 0 Å². The molecule has 0 atom stereocenters. The zero-order valence-electron chi connectivity index (χ0n) is 21.8. The van der Waals surface area contributed by atoms with Crippen LogP contribution < -0.4 is 9.80 Å². The molecular weight excluding hydrogens is 460 g/mol. The van der Waals surface area contributed by atoms with Crippen LogP contribution in [0, 0.1) is 6.92 Å². The minimum Gasteiger partial charge on any atom is -0.345 e. The van der Waals surface area contributed by atoms with Gasteiger partial charge in [-0.25, -0.2) is 0 Å². The van der Waals surface area contributed by atoms with E-state index in [0.717, 1.165) is 22.7 Å². The van der Waals surface area contributed by atoms with Gasteiger partial charge in [0.15, 0.2) is 0 Å². The Bertz CT molecular complexity index is 1660. The number of fused-ring (bicyclic) bond motifs is 1. The molecule has 0 saturated carbocycles. The number of hydrogen-bond donors (Lipinski definition) is 0. The van der Waals surface area contributed by atoms with Gasteiger partial charge in [-0.05, 0) is 84.1 Å². The van der Waals surface area contributed by atoms with Gasteiger partial charge in [0, 0.05) is 35.2 Å². The third kappa shape index (κ3) is 4.65. The van der Waals surface area contributed by atoms with Crippen molar-refractivity contribution >= 4 is 39.2 Å². The first kappa shape index (κ1) is 23.6. The van der Waals surface area contributed by atoms with Gasteiger partial charge >= 0.3 is 0 Å². The van der Waals surface area contributed by atoms with Gasteiger partial charge in [0.05, 0.1) is 5.69 Å². The Balaban J connectivity index is 1.45. The van der Waals surface area contributed by atoms with E-state index in [9.17, 15) is 0 Å². The van der Waals surface area contributed by atoms with Crippen LogP contribution in [0.15, 0.2) is 146 Å². The molecule has 0 saturated heterocycles. The van der Waals surface area contributed by atoms with Crippen molar-refractivity contribution in [3.8, 4) is 11.1 Å². The number of rotatable bonds is 6. The first-order valence-corrected chi connectivity index (χ1v) is 13.0. The van der Waals surface area contributed by atoms with Crippen LogP contribution >= 0.6 is 0 Å². The van der Waals surface area contributed by atoms with E-state index in [1.54, 1.807) is 0 Å². The van der Waals surface area contributed by atoms with Gasteiger partial charge in [0.2, 0.25) is 0 Å². The van der Waals surface area contributed by atoms with Crippen LogP contribution in [0.3, 0.4) is 0 Å². The molecule has 0 radical (unpaired) electrons. The highest BCUT2D eigenvalue weighted by molar-refractivity contribution is 5.99. The van der Waals surface area contributed by atoms with Crippen molar-refractivity contribution in [1.29, 1.82) is 0 Å². The maximum atomic E-state index is 2.36. The van der Waals surface area contributed by atoms with Crippen LogP contribution in [0.1, 0.15) is 5.56 Å². The average molecular weight is 491 g/mol. The normalized spacial score (nSPS) is 10.9. The summed E-state index contributed by atoms with van der Waals surface area (Å²) in [7, 11) is 2.11. The predicted molar refractivity (Wildman–Crippen MR) is 163 cm³/mol. The SMILES string of the molecule is Cc1ccc2cccc(N(c3ccc(-c4ccccc4)cc3)c3ccc(N(C)c4ccccc4)cc3)c2c1. The van der Waals surface area contributed by atoms with Crippen molar-refractivity contribution in [1.82, 2.24) is 0 Å². The number of nitrogens with zero attached hydrogens (tertiary/aromatic N) is 2. The summed E-state index contributed by atoms with van der Waals surface area (Å²) in [6.07, 6.45) is 0. The Morgan fingerprint density at radius 1 is 0.447 bits per heavy atom. The molecule has 0 aliphatic heterocycles. The quantitative estimate of drug-likeness (QED) is 0.229. The van der Waals surface area contributed by atoms with Gasteiger partial charge in [-0.1, -0.05) is 90.5 Å². The van der Waals surface area contributed by atoms with Gasteiger partial charge in [-0.2, -0.15) is 0 Å². The summed E-state index contributed by atoms with van der Waals surface area (Å²) in [6, 6.07) is 51.9. The number of benzene rings is 6. The second-order valence-electron chi connectivity index (χ2n) is 9.66. The van der Waals surface area contributed by atoms with Crippen molar-refractivity contribution in [3.05, 3.63) is 151 Å². The molecule has 0 spiro atoms. The minimum atomic E-state index is 1.12. The number of hydrogen-bond acceptors (Lipinski definition) is 2. The van der Waals surface area contributed by atoms with Crippen LogP contribution in [0.4, 0.5) is 28.4 Å². The zero-order chi connectivity index (χ0) is 25.9. The molecule has 0 amide bonds. The van der Waals surface area contributed by atoms with Gasteiger partial charge in [0.25, 0.3) is 0 Å². The molecule has 6 aromatic carbocycles. The summed E-state index contributed by atoms with van der Waals surface area (Å²) in [6.45, 7) is 2.16. The molecular formula is C36H30N2. The first-order chi connectivity index (χ1) is 18.7. The molecule has 2 nitrogen and oxygen atoms in total. The molecule has 2 heteroatoms. The summed E-state index contributed by atoms with van der Waals surface area (Å²) in [5, 5.41) is 2.48. The Kier molecular flexibility index (Phi) is 6.37. The van der Waals surface area contributed by atoms with E-state index in [2.05, 4.69) is 163 Å². The average Bonchev–Trinajstić information content (AvgIpc) is 2.99. The fraction of sp³-hybridized carbons (Fsp3) is 0.0556. The van der Waals surface area contributed by atoms with E-state index in [1.807, 2.05) is 6.07 Å². The summed E-state index contributed by atoms with van der Waals surface area (Å²) < 4.78 is 0. The molecule has 0 unspecified atom stereocenters. The Labute approximate surface area is 225 Å². The van der Waals surface area contributed by atoms with Gasteiger partial charge in [0.1, 0.15) is 0 Å². The van der Waals surface area contributed by atoms with Crippen LogP contribution in [-0.2, 0) is 0 Å². The van der Waals surface area contributed by atoms with Crippen molar-refractivity contribution in [2.45, 2.75) is 6.92 Å². The van der Waals surface area contributed by atoms with E-state index in [-0.39, 0.29) is 0 Å². The highest BCUT2D eigenvalue weighted by Crippen LogP contribution is 2.40. The lowest BCUT2D eigenvalue weighted by molar-refractivity contribution is 1.20. The molecule has 0 aliphatic carbocycles. The molecule has 0 fully saturated rings. The highest BCUT2D eigenvalue weighted by Gasteiger charge is 2.16. The van der Waals surface area contributed by atoms with Crippen LogP contribution in [0.2, 0.25) is 0 Å². The Morgan fingerprint density at radius 3 is 1.68 bits per heavy atom. The van der Waals surface area contributed by atoms with Gasteiger partial charge in [-0.3, -0.25) is 0 Å². The Hall–Kier alpha value is -4.82. The fourth-order valence-electron chi connectivity index (χ4n) is 5.05. The molecule has 6 rings (SSSR count). The monoisotopic (exact) mass is 490 g/mol. The lowest BCUT2D eigenvalue weighted by atomic mass is 10.0. The van der Waals surface area contributed by atoms with Crippen molar-refractivity contribution in [2.75, 3.05) is 16.8 Å². The third-order valence-corrected chi connectivity index (χ3v) is 7.13. The van der Waals surface area contributed by atoms with Gasteiger partial charge < -0.3 is 9.80 Å². The molecule has 6 aromatic rings. The van der Waals surface area contributed by atoms with Gasteiger partial charge in [-0.15, -0.1) is 0 Å². The second kappa shape index (κ2) is 10.3. The Morgan fingerprint density at radius 2 is 1.00 bits per heavy atom. The molecule has 0 N–H and O–H groups in total. The summed E-state index contributed by atoms with van der Waals surface area (Å²) in [4.78, 5) is 4.58. The molecule has 184 valence electrons. The maximum Gasteiger partial charge on any atom is 0.0540 e. The predicted octanol–water partition coefficient (Wildman–Crippen LogP) is 10.1. The lowest BCUT2D eigenvalue weighted by Gasteiger charge is -2.28. The number of anilines is 5. The second-order valence-corrected chi connectivity index (χ2v) is 9.66. The summed E-state index contributed by atoms with van der Waals surface area (Å²) >= 11 is 0. The van der Waals surface area contributed by atoms with Crippen LogP contribution in [0.25, 0.3) is 21.9 Å². The van der Waals surface area contributed by atoms with E-state index < -0.39 is 0 Å². The van der Waals surface area contributed by atoms with E-state index in [4.69, 9.17) is 0 Å². The van der Waals surface area contributed by atoms with E-state index in [0.29, 0.717) is 0 Å². The molecule has 0 bridgehead atoms. The van der Waals surface area contributed by atoms with Crippen molar-refractivity contribution in [2.24, 2.45) is 0 Å². The van der Waals surface area contributed by atoms with Crippen molar-refractivity contribution < 1.29 is 0 Å². The van der Waals surface area contributed by atoms with E-state index in [1.165, 1.54) is 33.2 Å². The molecule has 38 heavy (non-hydrogen) atoms. The standard InChI is InChI=1S/C36H30N2/c1-27-16-17-30-12-9-15-36(35(30)26-27)38(33-20-18-29(19-21-33)28-10-5-3-6-11-28)34-24-22-32(23-25-34)37(2)31-13-7-4-8-14-31/h3-26H,1-2H3. The topological polar surface area (TPSA) is 6.48 Å². The zero-order valence-corrected chi connectivity index (χ0v) is 21.8. The third-order valence-electron chi connectivity index (χ3n) is 7.13. The molecule has 0 aliphatic rings.